The fraction of sp³-hybridized carbons (Fsp3) is 0.0667. The maximum Gasteiger partial charge on any atom is 0.266 e. The zero-order chi connectivity index (χ0) is 27.0. The first-order valence-electron chi connectivity index (χ1n) is 12.1. The molecule has 1 aromatic heterocycles. The minimum atomic E-state index is -0.316. The van der Waals surface area contributed by atoms with E-state index in [9.17, 15) is 9.59 Å². The number of nitrogens with one attached hydrogen (secondary N) is 1. The van der Waals surface area contributed by atoms with Crippen LogP contribution in [0.3, 0.4) is 0 Å². The van der Waals surface area contributed by atoms with E-state index in [1.165, 1.54) is 16.3 Å². The number of hydrogen-bond acceptors (Lipinski definition) is 6. The van der Waals surface area contributed by atoms with E-state index in [2.05, 4.69) is 31.4 Å². The number of fused-ring (bicyclic) bond motifs is 1. The monoisotopic (exact) mass is 598 g/mol. The highest BCUT2D eigenvalue weighted by Crippen LogP contribution is 2.22. The largest absolute Gasteiger partial charge is 0.489 e. The highest BCUT2D eigenvalue weighted by molar-refractivity contribution is 9.10. The molecule has 0 spiro atoms. The van der Waals surface area contributed by atoms with E-state index < -0.39 is 0 Å². The fourth-order valence-electron chi connectivity index (χ4n) is 3.76. The molecule has 5 aromatic rings. The number of carbonyl (C=O) groups excluding carboxylic acids is 1. The Balaban J connectivity index is 1.22. The molecule has 39 heavy (non-hydrogen) atoms. The summed E-state index contributed by atoms with van der Waals surface area (Å²) in [5.74, 6) is 0.463. The maximum absolute atomic E-state index is 13.3. The van der Waals surface area contributed by atoms with Crippen LogP contribution in [0, 0.1) is 0 Å². The number of halogens is 1. The van der Waals surface area contributed by atoms with Gasteiger partial charge in [0.2, 0.25) is 0 Å². The van der Waals surface area contributed by atoms with Gasteiger partial charge in [0.15, 0.2) is 5.16 Å². The number of nitrogens with zero attached hydrogens (tertiary/aromatic N) is 3. The van der Waals surface area contributed by atoms with Crippen LogP contribution < -0.4 is 15.7 Å². The zero-order valence-electron chi connectivity index (χ0n) is 20.7. The molecule has 4 aromatic carbocycles. The Kier molecular flexibility index (Phi) is 8.50. The van der Waals surface area contributed by atoms with Crippen molar-refractivity contribution in [2.75, 3.05) is 5.75 Å². The predicted molar refractivity (Wildman–Crippen MR) is 159 cm³/mol. The molecule has 0 fully saturated rings. The summed E-state index contributed by atoms with van der Waals surface area (Å²) in [6.07, 6.45) is 1.57. The summed E-state index contributed by atoms with van der Waals surface area (Å²) < 4.78 is 8.22. The molecule has 0 saturated carbocycles. The summed E-state index contributed by atoms with van der Waals surface area (Å²) in [4.78, 5) is 30.5. The van der Waals surface area contributed by atoms with Crippen molar-refractivity contribution in [2.24, 2.45) is 5.10 Å². The van der Waals surface area contributed by atoms with Gasteiger partial charge in [-0.25, -0.2) is 10.4 Å². The van der Waals surface area contributed by atoms with E-state index in [0.717, 1.165) is 21.3 Å². The predicted octanol–water partition coefficient (Wildman–Crippen LogP) is 5.97. The molecule has 9 heteroatoms. The van der Waals surface area contributed by atoms with E-state index in [1.807, 2.05) is 84.9 Å². The van der Waals surface area contributed by atoms with Gasteiger partial charge in [0, 0.05) is 4.47 Å². The molecule has 1 N–H and O–H groups in total. The number of carbonyl (C=O) groups is 1. The van der Waals surface area contributed by atoms with E-state index in [-0.39, 0.29) is 17.2 Å². The first-order chi connectivity index (χ1) is 19.1. The van der Waals surface area contributed by atoms with Crippen molar-refractivity contribution in [3.63, 3.8) is 0 Å². The molecule has 0 unspecified atom stereocenters. The van der Waals surface area contributed by atoms with Crippen molar-refractivity contribution in [2.45, 2.75) is 11.8 Å². The molecule has 0 saturated heterocycles. The molecule has 0 atom stereocenters. The van der Waals surface area contributed by atoms with Crippen molar-refractivity contribution in [3.05, 3.63) is 129 Å². The van der Waals surface area contributed by atoms with Crippen LogP contribution in [0.1, 0.15) is 11.1 Å². The van der Waals surface area contributed by atoms with Gasteiger partial charge in [-0.3, -0.25) is 14.2 Å². The van der Waals surface area contributed by atoms with Gasteiger partial charge >= 0.3 is 0 Å². The van der Waals surface area contributed by atoms with Gasteiger partial charge in [-0.15, -0.1) is 0 Å². The standard InChI is InChI=1S/C30H23BrN4O3S/c31-23-12-14-24(15-13-23)35-29(37)26-8-4-5-9-27(26)33-30(35)39-20-28(36)34-32-18-21-10-16-25(17-11-21)38-19-22-6-2-1-3-7-22/h1-18H,19-20H2,(H,34,36)/b32-18-. The summed E-state index contributed by atoms with van der Waals surface area (Å²) in [6, 6.07) is 31.9. The lowest BCUT2D eigenvalue weighted by atomic mass is 10.2. The molecule has 7 nitrogen and oxygen atoms in total. The van der Waals surface area contributed by atoms with Crippen LogP contribution >= 0.6 is 27.7 Å². The van der Waals surface area contributed by atoms with Crippen LogP contribution in [0.15, 0.2) is 123 Å². The minimum Gasteiger partial charge on any atom is -0.489 e. The number of thioether (sulfide) groups is 1. The molecule has 0 bridgehead atoms. The zero-order valence-corrected chi connectivity index (χ0v) is 23.1. The minimum absolute atomic E-state index is 0.0327. The Morgan fingerprint density at radius 2 is 1.67 bits per heavy atom. The Morgan fingerprint density at radius 1 is 0.949 bits per heavy atom. The Labute approximate surface area is 237 Å². The molecule has 0 aliphatic heterocycles. The van der Waals surface area contributed by atoms with Gasteiger partial charge in [-0.05, 0) is 71.8 Å². The van der Waals surface area contributed by atoms with E-state index in [1.54, 1.807) is 24.4 Å². The average molecular weight is 600 g/mol. The third-order valence-electron chi connectivity index (χ3n) is 5.69. The molecule has 5 rings (SSSR count). The van der Waals surface area contributed by atoms with E-state index in [0.29, 0.717) is 28.4 Å². The fourth-order valence-corrected chi connectivity index (χ4v) is 4.83. The smallest absolute Gasteiger partial charge is 0.266 e. The lowest BCUT2D eigenvalue weighted by Crippen LogP contribution is -2.24. The summed E-state index contributed by atoms with van der Waals surface area (Å²) in [5.41, 5.74) is 5.50. The molecule has 0 radical (unpaired) electrons. The highest BCUT2D eigenvalue weighted by atomic mass is 79.9. The van der Waals surface area contributed by atoms with Gasteiger partial charge in [0.25, 0.3) is 11.5 Å². The van der Waals surface area contributed by atoms with E-state index >= 15 is 0 Å². The first kappa shape index (κ1) is 26.4. The molecule has 194 valence electrons. The van der Waals surface area contributed by atoms with Crippen LogP contribution in [-0.2, 0) is 11.4 Å². The second-order valence-electron chi connectivity index (χ2n) is 8.45. The number of para-hydroxylation sites is 1. The van der Waals surface area contributed by atoms with Crippen LogP contribution in [0.5, 0.6) is 5.75 Å². The second-order valence-corrected chi connectivity index (χ2v) is 10.3. The number of hydrazone groups is 1. The van der Waals surface area contributed by atoms with Crippen molar-refractivity contribution in [1.29, 1.82) is 0 Å². The Hall–Kier alpha value is -4.21. The van der Waals surface area contributed by atoms with Crippen molar-refractivity contribution < 1.29 is 9.53 Å². The highest BCUT2D eigenvalue weighted by Gasteiger charge is 2.14. The second kappa shape index (κ2) is 12.6. The van der Waals surface area contributed by atoms with Crippen LogP contribution in [0.2, 0.25) is 0 Å². The number of ether oxygens (including phenoxy) is 1. The first-order valence-corrected chi connectivity index (χ1v) is 13.8. The molecule has 1 amide bonds. The molecule has 0 aliphatic carbocycles. The van der Waals surface area contributed by atoms with Gasteiger partial charge in [-0.1, -0.05) is 70.2 Å². The number of aromatic nitrogens is 2. The van der Waals surface area contributed by atoms with Crippen LogP contribution in [0.25, 0.3) is 16.6 Å². The van der Waals surface area contributed by atoms with Gasteiger partial charge in [-0.2, -0.15) is 5.10 Å². The third kappa shape index (κ3) is 6.81. The van der Waals surface area contributed by atoms with Crippen molar-refractivity contribution in [3.8, 4) is 11.4 Å². The lowest BCUT2D eigenvalue weighted by Gasteiger charge is -2.13. The van der Waals surface area contributed by atoms with Crippen molar-refractivity contribution >= 4 is 50.7 Å². The van der Waals surface area contributed by atoms with Gasteiger partial charge in [0.05, 0.1) is 28.6 Å². The van der Waals surface area contributed by atoms with E-state index in [4.69, 9.17) is 4.74 Å². The SMILES string of the molecule is O=C(CSc1nc2ccccc2c(=O)n1-c1ccc(Br)cc1)N/N=C\c1ccc(OCc2ccccc2)cc1. The summed E-state index contributed by atoms with van der Waals surface area (Å²) in [6.45, 7) is 0.490. The summed E-state index contributed by atoms with van der Waals surface area (Å²) in [7, 11) is 0. The number of benzene rings is 4. The molecule has 1 heterocycles. The number of hydrogen-bond donors (Lipinski definition) is 1. The van der Waals surface area contributed by atoms with Gasteiger partial charge in [0.1, 0.15) is 12.4 Å². The lowest BCUT2D eigenvalue weighted by molar-refractivity contribution is -0.118. The molecular formula is C30H23BrN4O3S. The normalized spacial score (nSPS) is 11.1. The number of rotatable bonds is 9. The molecule has 0 aliphatic rings. The topological polar surface area (TPSA) is 85.6 Å². The molecular weight excluding hydrogens is 576 g/mol. The maximum atomic E-state index is 13.3. The van der Waals surface area contributed by atoms with Crippen molar-refractivity contribution in [1.82, 2.24) is 15.0 Å². The summed E-state index contributed by atoms with van der Waals surface area (Å²) in [5, 5.41) is 4.99. The number of amides is 1. The van der Waals surface area contributed by atoms with Crippen LogP contribution in [-0.4, -0.2) is 27.4 Å². The quantitative estimate of drug-likeness (QED) is 0.0977. The Morgan fingerprint density at radius 3 is 2.44 bits per heavy atom. The van der Waals surface area contributed by atoms with Crippen LogP contribution in [0.4, 0.5) is 0 Å². The van der Waals surface area contributed by atoms with Gasteiger partial charge < -0.3 is 4.74 Å². The Bertz CT molecular complexity index is 1670. The summed E-state index contributed by atoms with van der Waals surface area (Å²) >= 11 is 4.60. The average Bonchev–Trinajstić information content (AvgIpc) is 2.97. The third-order valence-corrected chi connectivity index (χ3v) is 7.16.